The highest BCUT2D eigenvalue weighted by molar-refractivity contribution is 14.0. The first-order valence-corrected chi connectivity index (χ1v) is 10.4. The second-order valence-electron chi connectivity index (χ2n) is 6.76. The average molecular weight is 518 g/mol. The van der Waals surface area contributed by atoms with Crippen molar-refractivity contribution in [1.82, 2.24) is 29.4 Å². The SMILES string of the molecule is CCNC(=NCc1c(C)nn(C)c1C)N1CCN(c2nc(CC)ns2)CC1.I. The Hall–Kier alpha value is -1.43. The van der Waals surface area contributed by atoms with Gasteiger partial charge in [-0.25, -0.2) is 9.98 Å². The van der Waals surface area contributed by atoms with Crippen LogP contribution in [0.1, 0.15) is 36.6 Å². The van der Waals surface area contributed by atoms with Gasteiger partial charge in [0.05, 0.1) is 12.2 Å². The third-order valence-corrected chi connectivity index (χ3v) is 5.82. The molecule has 1 saturated heterocycles. The quantitative estimate of drug-likeness (QED) is 0.372. The van der Waals surface area contributed by atoms with Gasteiger partial charge >= 0.3 is 0 Å². The highest BCUT2D eigenvalue weighted by atomic mass is 127. The molecule has 0 saturated carbocycles. The minimum absolute atomic E-state index is 0. The normalized spacial score (nSPS) is 15.0. The molecule has 0 unspecified atom stereocenters. The largest absolute Gasteiger partial charge is 0.357 e. The van der Waals surface area contributed by atoms with Gasteiger partial charge in [-0.15, -0.1) is 24.0 Å². The molecule has 2 aromatic heterocycles. The lowest BCUT2D eigenvalue weighted by Crippen LogP contribution is -2.52. The number of aliphatic imine (C=N–C) groups is 1. The molecule has 0 bridgehead atoms. The van der Waals surface area contributed by atoms with E-state index in [4.69, 9.17) is 4.99 Å². The van der Waals surface area contributed by atoms with Crippen molar-refractivity contribution < 1.29 is 0 Å². The molecule has 2 aromatic rings. The molecule has 156 valence electrons. The van der Waals surface area contributed by atoms with Gasteiger partial charge in [0.25, 0.3) is 0 Å². The van der Waals surface area contributed by atoms with Crippen molar-refractivity contribution in [2.45, 2.75) is 40.7 Å². The molecule has 0 aliphatic carbocycles. The van der Waals surface area contributed by atoms with Crippen LogP contribution in [0.15, 0.2) is 4.99 Å². The van der Waals surface area contributed by atoms with E-state index in [1.165, 1.54) is 22.8 Å². The predicted molar refractivity (Wildman–Crippen MR) is 126 cm³/mol. The van der Waals surface area contributed by atoms with Crippen molar-refractivity contribution >= 4 is 46.6 Å². The monoisotopic (exact) mass is 518 g/mol. The highest BCUT2D eigenvalue weighted by Gasteiger charge is 2.22. The fourth-order valence-corrected chi connectivity index (χ4v) is 4.05. The van der Waals surface area contributed by atoms with E-state index in [-0.39, 0.29) is 24.0 Å². The average Bonchev–Trinajstić information content (AvgIpc) is 3.25. The first kappa shape index (κ1) is 22.9. The molecule has 1 aliphatic rings. The van der Waals surface area contributed by atoms with E-state index in [1.807, 2.05) is 11.7 Å². The van der Waals surface area contributed by atoms with Gasteiger partial charge < -0.3 is 15.1 Å². The molecule has 0 radical (unpaired) electrons. The molecule has 3 heterocycles. The van der Waals surface area contributed by atoms with Gasteiger partial charge in [0.2, 0.25) is 5.13 Å². The Kier molecular flexibility index (Phi) is 8.47. The van der Waals surface area contributed by atoms with E-state index < -0.39 is 0 Å². The highest BCUT2D eigenvalue weighted by Crippen LogP contribution is 2.19. The van der Waals surface area contributed by atoms with E-state index in [2.05, 4.69) is 57.3 Å². The zero-order valence-electron chi connectivity index (χ0n) is 17.4. The number of hydrogen-bond acceptors (Lipinski definition) is 6. The van der Waals surface area contributed by atoms with Crippen LogP contribution in [-0.4, -0.2) is 62.7 Å². The minimum atomic E-state index is 0. The smallest absolute Gasteiger partial charge is 0.205 e. The zero-order chi connectivity index (χ0) is 19.4. The minimum Gasteiger partial charge on any atom is -0.357 e. The number of piperazine rings is 1. The standard InChI is InChI=1S/C18H30N8S.HI/c1-6-16-21-18(27-23-16)26-10-8-25(9-11-26)17(19-7-2)20-12-15-13(3)22-24(5)14(15)4;/h6-12H2,1-5H3,(H,19,20);1H. The number of guanidine groups is 1. The molecule has 1 fully saturated rings. The number of halogens is 1. The van der Waals surface area contributed by atoms with Gasteiger partial charge in [-0.05, 0) is 20.8 Å². The summed E-state index contributed by atoms with van der Waals surface area (Å²) < 4.78 is 6.34. The van der Waals surface area contributed by atoms with Crippen molar-refractivity contribution in [2.75, 3.05) is 37.6 Å². The van der Waals surface area contributed by atoms with E-state index in [1.54, 1.807) is 0 Å². The summed E-state index contributed by atoms with van der Waals surface area (Å²) in [4.78, 5) is 14.2. The molecule has 28 heavy (non-hydrogen) atoms. The maximum absolute atomic E-state index is 4.89. The number of rotatable bonds is 5. The van der Waals surface area contributed by atoms with Gasteiger partial charge in [0.1, 0.15) is 5.82 Å². The summed E-state index contributed by atoms with van der Waals surface area (Å²) in [5.41, 5.74) is 3.45. The molecule has 0 amide bonds. The number of aromatic nitrogens is 4. The lowest BCUT2D eigenvalue weighted by Gasteiger charge is -2.36. The van der Waals surface area contributed by atoms with Crippen molar-refractivity contribution in [2.24, 2.45) is 12.0 Å². The van der Waals surface area contributed by atoms with Gasteiger partial charge in [-0.3, -0.25) is 4.68 Å². The van der Waals surface area contributed by atoms with E-state index in [0.29, 0.717) is 6.54 Å². The maximum atomic E-state index is 4.89. The molecule has 0 spiro atoms. The fraction of sp³-hybridized carbons (Fsp3) is 0.667. The van der Waals surface area contributed by atoms with Crippen LogP contribution in [0.4, 0.5) is 5.13 Å². The summed E-state index contributed by atoms with van der Waals surface area (Å²) in [5.74, 6) is 1.92. The first-order chi connectivity index (χ1) is 13.0. The summed E-state index contributed by atoms with van der Waals surface area (Å²) in [6.45, 7) is 13.6. The van der Waals surface area contributed by atoms with Crippen molar-refractivity contribution in [3.63, 3.8) is 0 Å². The summed E-state index contributed by atoms with van der Waals surface area (Å²) in [6.07, 6.45) is 0.890. The topological polar surface area (TPSA) is 74.5 Å². The molecule has 1 aliphatic heterocycles. The molecular formula is C18H31IN8S. The number of hydrogen-bond donors (Lipinski definition) is 1. The molecule has 8 nitrogen and oxygen atoms in total. The Morgan fingerprint density at radius 3 is 2.43 bits per heavy atom. The van der Waals surface area contributed by atoms with Gasteiger partial charge in [0, 0.05) is 69.0 Å². The maximum Gasteiger partial charge on any atom is 0.205 e. The summed E-state index contributed by atoms with van der Waals surface area (Å²) in [7, 11) is 1.98. The van der Waals surface area contributed by atoms with Crippen LogP contribution in [0.25, 0.3) is 0 Å². The van der Waals surface area contributed by atoms with Crippen molar-refractivity contribution in [3.8, 4) is 0 Å². The summed E-state index contributed by atoms with van der Waals surface area (Å²) >= 11 is 1.50. The Morgan fingerprint density at radius 1 is 1.18 bits per heavy atom. The van der Waals surface area contributed by atoms with Crippen LogP contribution < -0.4 is 10.2 Å². The van der Waals surface area contributed by atoms with Crippen LogP contribution in [0.2, 0.25) is 0 Å². The Balaban J connectivity index is 0.00000280. The number of nitrogens with zero attached hydrogens (tertiary/aromatic N) is 7. The Labute approximate surface area is 188 Å². The first-order valence-electron chi connectivity index (χ1n) is 9.63. The lowest BCUT2D eigenvalue weighted by atomic mass is 10.2. The number of nitrogens with one attached hydrogen (secondary N) is 1. The van der Waals surface area contributed by atoms with Gasteiger partial charge in [-0.2, -0.15) is 9.47 Å². The van der Waals surface area contributed by atoms with Crippen molar-refractivity contribution in [3.05, 3.63) is 22.8 Å². The molecule has 0 aromatic carbocycles. The second-order valence-corrected chi connectivity index (χ2v) is 7.49. The lowest BCUT2D eigenvalue weighted by molar-refractivity contribution is 0.372. The molecule has 10 heteroatoms. The van der Waals surface area contributed by atoms with E-state index in [9.17, 15) is 0 Å². The van der Waals surface area contributed by atoms with Crippen LogP contribution in [0.3, 0.4) is 0 Å². The third-order valence-electron chi connectivity index (χ3n) is 5.00. The van der Waals surface area contributed by atoms with Crippen LogP contribution >= 0.6 is 35.5 Å². The van der Waals surface area contributed by atoms with Gasteiger partial charge in [-0.1, -0.05) is 6.92 Å². The Morgan fingerprint density at radius 2 is 1.89 bits per heavy atom. The van der Waals surface area contributed by atoms with Gasteiger partial charge in [0.15, 0.2) is 5.96 Å². The van der Waals surface area contributed by atoms with Crippen LogP contribution in [0, 0.1) is 13.8 Å². The second kappa shape index (κ2) is 10.4. The molecule has 1 N–H and O–H groups in total. The fourth-order valence-electron chi connectivity index (χ4n) is 3.25. The predicted octanol–water partition coefficient (Wildman–Crippen LogP) is 2.36. The Bertz CT molecular complexity index is 792. The van der Waals surface area contributed by atoms with E-state index >= 15 is 0 Å². The number of anilines is 1. The third kappa shape index (κ3) is 5.13. The molecule has 0 atom stereocenters. The van der Waals surface area contributed by atoms with Crippen LogP contribution in [0.5, 0.6) is 0 Å². The van der Waals surface area contributed by atoms with E-state index in [0.717, 1.165) is 61.8 Å². The van der Waals surface area contributed by atoms with Crippen LogP contribution in [-0.2, 0) is 20.0 Å². The summed E-state index contributed by atoms with van der Waals surface area (Å²) in [5, 5.41) is 8.97. The zero-order valence-corrected chi connectivity index (χ0v) is 20.5. The molecule has 3 rings (SSSR count). The summed E-state index contributed by atoms with van der Waals surface area (Å²) in [6, 6.07) is 0. The molecular weight excluding hydrogens is 487 g/mol. The number of aryl methyl sites for hydroxylation is 3. The van der Waals surface area contributed by atoms with Crippen molar-refractivity contribution in [1.29, 1.82) is 0 Å².